The van der Waals surface area contributed by atoms with Crippen molar-refractivity contribution < 1.29 is 9.59 Å². The van der Waals surface area contributed by atoms with Gasteiger partial charge in [-0.05, 0) is 43.5 Å². The third-order valence-electron chi connectivity index (χ3n) is 3.26. The Morgan fingerprint density at radius 3 is 2.70 bits per heavy atom. The largest absolute Gasteiger partial charge is 0.325 e. The van der Waals surface area contributed by atoms with Crippen LogP contribution in [0.4, 0.5) is 11.4 Å². The number of aryl methyl sites for hydroxylation is 1. The van der Waals surface area contributed by atoms with Crippen LogP contribution < -0.4 is 16.0 Å². The molecule has 0 fully saturated rings. The Morgan fingerprint density at radius 1 is 1.40 bits per heavy atom. The van der Waals surface area contributed by atoms with Crippen LogP contribution in [0, 0.1) is 0 Å². The zero-order valence-electron chi connectivity index (χ0n) is 11.7. The molecule has 0 bridgehead atoms. The Bertz CT molecular complexity index is 517. The maximum absolute atomic E-state index is 11.6. The van der Waals surface area contributed by atoms with Crippen LogP contribution in [0.1, 0.15) is 25.8 Å². The first-order chi connectivity index (χ1) is 8.99. The number of hydrogen-bond donors (Lipinski definition) is 2. The molecule has 0 aliphatic carbocycles. The van der Waals surface area contributed by atoms with Crippen LogP contribution in [0.25, 0.3) is 0 Å². The van der Waals surface area contributed by atoms with Crippen LogP contribution in [-0.4, -0.2) is 24.4 Å². The van der Waals surface area contributed by atoms with E-state index in [2.05, 4.69) is 5.32 Å². The summed E-state index contributed by atoms with van der Waals surface area (Å²) in [6.07, 6.45) is 1.86. The van der Waals surface area contributed by atoms with Gasteiger partial charge in [0.1, 0.15) is 0 Å². The van der Waals surface area contributed by atoms with Crippen molar-refractivity contribution in [2.75, 3.05) is 16.8 Å². The summed E-state index contributed by atoms with van der Waals surface area (Å²) in [6.45, 7) is 3.97. The molecule has 1 aliphatic rings. The predicted octanol–water partition coefficient (Wildman–Crippen LogP) is 1.69. The van der Waals surface area contributed by atoms with Gasteiger partial charge in [-0.2, -0.15) is 0 Å². The number of rotatable bonds is 2. The lowest BCUT2D eigenvalue weighted by atomic mass is 10.0. The highest BCUT2D eigenvalue weighted by atomic mass is 35.5. The number of anilines is 2. The molecule has 110 valence electrons. The zero-order valence-corrected chi connectivity index (χ0v) is 12.5. The Kier molecular flexibility index (Phi) is 5.53. The lowest BCUT2D eigenvalue weighted by molar-refractivity contribution is -0.117. The summed E-state index contributed by atoms with van der Waals surface area (Å²) in [7, 11) is 0. The number of nitrogens with one attached hydrogen (secondary N) is 1. The summed E-state index contributed by atoms with van der Waals surface area (Å²) in [5.41, 5.74) is 8.28. The number of carbonyl (C=O) groups is 2. The second-order valence-electron chi connectivity index (χ2n) is 4.90. The van der Waals surface area contributed by atoms with Crippen LogP contribution >= 0.6 is 12.4 Å². The lowest BCUT2D eigenvalue weighted by Crippen LogP contribution is -2.34. The number of nitrogens with two attached hydrogens (primary N) is 1. The third-order valence-corrected chi connectivity index (χ3v) is 3.26. The molecule has 2 rings (SSSR count). The fraction of sp³-hybridized carbons (Fsp3) is 0.429. The number of halogens is 1. The summed E-state index contributed by atoms with van der Waals surface area (Å²) in [4.78, 5) is 24.9. The SMILES string of the molecule is CC(=O)N1CCCc2cc(NC(=O)[C@@H](C)N)ccc21.Cl. The van der Waals surface area contributed by atoms with Crippen molar-refractivity contribution in [1.29, 1.82) is 0 Å². The van der Waals surface area contributed by atoms with Crippen molar-refractivity contribution in [2.45, 2.75) is 32.7 Å². The van der Waals surface area contributed by atoms with E-state index < -0.39 is 6.04 Å². The summed E-state index contributed by atoms with van der Waals surface area (Å²) in [5.74, 6) is -0.160. The van der Waals surface area contributed by atoms with Gasteiger partial charge in [0.25, 0.3) is 0 Å². The first-order valence-corrected chi connectivity index (χ1v) is 6.46. The molecule has 1 aromatic rings. The van der Waals surface area contributed by atoms with E-state index in [0.717, 1.165) is 36.3 Å². The van der Waals surface area contributed by atoms with Gasteiger partial charge in [0.2, 0.25) is 11.8 Å². The van der Waals surface area contributed by atoms with Gasteiger partial charge in [-0.25, -0.2) is 0 Å². The molecule has 1 aromatic carbocycles. The molecule has 0 unspecified atom stereocenters. The minimum Gasteiger partial charge on any atom is -0.325 e. The monoisotopic (exact) mass is 297 g/mol. The van der Waals surface area contributed by atoms with Crippen LogP contribution in [0.3, 0.4) is 0 Å². The van der Waals surface area contributed by atoms with E-state index in [1.165, 1.54) is 0 Å². The molecule has 0 aromatic heterocycles. The Morgan fingerprint density at radius 2 is 2.10 bits per heavy atom. The molecule has 0 spiro atoms. The van der Waals surface area contributed by atoms with E-state index in [1.807, 2.05) is 12.1 Å². The van der Waals surface area contributed by atoms with Crippen LogP contribution in [-0.2, 0) is 16.0 Å². The van der Waals surface area contributed by atoms with E-state index in [4.69, 9.17) is 5.73 Å². The molecule has 1 aliphatic heterocycles. The van der Waals surface area contributed by atoms with Gasteiger partial charge in [0.15, 0.2) is 0 Å². The molecule has 0 saturated carbocycles. The molecule has 3 N–H and O–H groups in total. The minimum atomic E-state index is -0.537. The third kappa shape index (κ3) is 3.49. The smallest absolute Gasteiger partial charge is 0.240 e. The van der Waals surface area contributed by atoms with Crippen molar-refractivity contribution in [3.8, 4) is 0 Å². The lowest BCUT2D eigenvalue weighted by Gasteiger charge is -2.29. The summed E-state index contributed by atoms with van der Waals surface area (Å²) < 4.78 is 0. The van der Waals surface area contributed by atoms with Gasteiger partial charge in [-0.1, -0.05) is 0 Å². The number of hydrogen-bond acceptors (Lipinski definition) is 3. The first kappa shape index (κ1) is 16.5. The number of benzene rings is 1. The second-order valence-corrected chi connectivity index (χ2v) is 4.90. The van der Waals surface area contributed by atoms with Crippen molar-refractivity contribution in [2.24, 2.45) is 5.73 Å². The number of nitrogens with zero attached hydrogens (tertiary/aromatic N) is 1. The molecule has 2 amide bonds. The predicted molar refractivity (Wildman–Crippen MR) is 82.3 cm³/mol. The Labute approximate surface area is 124 Å². The van der Waals surface area contributed by atoms with E-state index in [9.17, 15) is 9.59 Å². The first-order valence-electron chi connectivity index (χ1n) is 6.46. The molecule has 1 heterocycles. The molecule has 5 nitrogen and oxygen atoms in total. The molecule has 6 heteroatoms. The van der Waals surface area contributed by atoms with Crippen LogP contribution in [0.2, 0.25) is 0 Å². The Hall–Kier alpha value is -1.59. The maximum atomic E-state index is 11.6. The van der Waals surface area contributed by atoms with Crippen LogP contribution in [0.5, 0.6) is 0 Å². The van der Waals surface area contributed by atoms with Gasteiger partial charge in [-0.3, -0.25) is 9.59 Å². The van der Waals surface area contributed by atoms with Crippen molar-refractivity contribution in [3.05, 3.63) is 23.8 Å². The highest BCUT2D eigenvalue weighted by Crippen LogP contribution is 2.29. The molecular formula is C14H20ClN3O2. The molecular weight excluding hydrogens is 278 g/mol. The average Bonchev–Trinajstić information content (AvgIpc) is 2.37. The summed E-state index contributed by atoms with van der Waals surface area (Å²) in [5, 5.41) is 2.77. The summed E-state index contributed by atoms with van der Waals surface area (Å²) in [6, 6.07) is 5.07. The normalized spacial score (nSPS) is 14.8. The average molecular weight is 298 g/mol. The van der Waals surface area contributed by atoms with Gasteiger partial charge in [0.05, 0.1) is 6.04 Å². The number of fused-ring (bicyclic) bond motifs is 1. The minimum absolute atomic E-state index is 0. The fourth-order valence-corrected chi connectivity index (χ4v) is 2.26. The number of amides is 2. The number of carbonyl (C=O) groups excluding carboxylic acids is 2. The van der Waals surface area contributed by atoms with E-state index >= 15 is 0 Å². The molecule has 1 atom stereocenters. The van der Waals surface area contributed by atoms with Gasteiger partial charge in [0, 0.05) is 24.8 Å². The Balaban J connectivity index is 0.00000200. The van der Waals surface area contributed by atoms with Gasteiger partial charge in [-0.15, -0.1) is 12.4 Å². The van der Waals surface area contributed by atoms with Gasteiger partial charge >= 0.3 is 0 Å². The fourth-order valence-electron chi connectivity index (χ4n) is 2.26. The molecule has 0 saturated heterocycles. The van der Waals surface area contributed by atoms with Crippen LogP contribution in [0.15, 0.2) is 18.2 Å². The van der Waals surface area contributed by atoms with Gasteiger partial charge < -0.3 is 16.0 Å². The van der Waals surface area contributed by atoms with Crippen molar-refractivity contribution in [3.63, 3.8) is 0 Å². The standard InChI is InChI=1S/C14H19N3O2.ClH/c1-9(15)14(19)16-12-5-6-13-11(8-12)4-3-7-17(13)10(2)18;/h5-6,8-9H,3-4,7,15H2,1-2H3,(H,16,19);1H/t9-;/m1./s1. The highest BCUT2D eigenvalue weighted by molar-refractivity contribution is 5.96. The summed E-state index contributed by atoms with van der Waals surface area (Å²) >= 11 is 0. The maximum Gasteiger partial charge on any atom is 0.240 e. The second kappa shape index (κ2) is 6.72. The van der Waals surface area contributed by atoms with Crippen molar-refractivity contribution >= 4 is 35.6 Å². The highest BCUT2D eigenvalue weighted by Gasteiger charge is 2.20. The van der Waals surface area contributed by atoms with Crippen molar-refractivity contribution in [1.82, 2.24) is 0 Å². The van der Waals surface area contributed by atoms with E-state index in [1.54, 1.807) is 24.8 Å². The zero-order chi connectivity index (χ0) is 14.0. The quantitative estimate of drug-likeness (QED) is 0.872. The topological polar surface area (TPSA) is 75.4 Å². The van der Waals surface area contributed by atoms with E-state index in [0.29, 0.717) is 0 Å². The van der Waals surface area contributed by atoms with E-state index in [-0.39, 0.29) is 24.2 Å². The molecule has 20 heavy (non-hydrogen) atoms. The molecule has 0 radical (unpaired) electrons.